The van der Waals surface area contributed by atoms with E-state index in [9.17, 15) is 9.18 Å². The summed E-state index contributed by atoms with van der Waals surface area (Å²) in [5.41, 5.74) is 2.00. The van der Waals surface area contributed by atoms with Crippen LogP contribution < -0.4 is 15.4 Å². The molecule has 0 aliphatic carbocycles. The van der Waals surface area contributed by atoms with Crippen LogP contribution in [0.2, 0.25) is 0 Å². The van der Waals surface area contributed by atoms with Crippen molar-refractivity contribution >= 4 is 28.9 Å². The van der Waals surface area contributed by atoms with Gasteiger partial charge in [0.1, 0.15) is 11.6 Å². The number of methoxy groups -OCH3 is 1. The van der Waals surface area contributed by atoms with E-state index in [1.807, 2.05) is 24.8 Å². The SMILES string of the molecule is CCN1C(=S)N[C@@H](c2ccccc2F)C(C(=O)Nc2ccccc2OC)=C1C. The standard InChI is InChI=1S/C21H22FN3O2S/c1-4-25-13(2)18(20(26)23-16-11-7-8-12-17(16)27-3)19(24-21(25)28)14-9-5-6-10-15(14)22/h5-12,19H,4H2,1-3H3,(H,23,26)(H,24,28)/t19-/m0/s1. The second-order valence-electron chi connectivity index (χ2n) is 6.30. The van der Waals surface area contributed by atoms with Gasteiger partial charge in [0.25, 0.3) is 5.91 Å². The molecule has 0 unspecified atom stereocenters. The maximum absolute atomic E-state index is 14.5. The summed E-state index contributed by atoms with van der Waals surface area (Å²) >= 11 is 5.44. The molecule has 2 aromatic rings. The summed E-state index contributed by atoms with van der Waals surface area (Å²) in [6.45, 7) is 4.35. The molecule has 0 aromatic heterocycles. The smallest absolute Gasteiger partial charge is 0.255 e. The monoisotopic (exact) mass is 399 g/mol. The Morgan fingerprint density at radius 3 is 2.61 bits per heavy atom. The van der Waals surface area contributed by atoms with E-state index in [1.165, 1.54) is 13.2 Å². The van der Waals surface area contributed by atoms with E-state index < -0.39 is 11.9 Å². The number of carbonyl (C=O) groups is 1. The van der Waals surface area contributed by atoms with Crippen LogP contribution in [0.1, 0.15) is 25.5 Å². The molecule has 1 aliphatic rings. The molecule has 5 nitrogen and oxygen atoms in total. The number of allylic oxidation sites excluding steroid dienone is 1. The Hall–Kier alpha value is -2.93. The van der Waals surface area contributed by atoms with Crippen LogP contribution in [0.5, 0.6) is 5.75 Å². The molecule has 0 fully saturated rings. The first-order chi connectivity index (χ1) is 13.5. The molecule has 7 heteroatoms. The first kappa shape index (κ1) is 19.8. The number of anilines is 1. The Balaban J connectivity index is 2.06. The van der Waals surface area contributed by atoms with Crippen LogP contribution in [0.25, 0.3) is 0 Å². The molecule has 0 saturated carbocycles. The van der Waals surface area contributed by atoms with Gasteiger partial charge >= 0.3 is 0 Å². The third-order valence-electron chi connectivity index (χ3n) is 4.73. The van der Waals surface area contributed by atoms with Crippen LogP contribution in [0.15, 0.2) is 59.8 Å². The van der Waals surface area contributed by atoms with E-state index in [-0.39, 0.29) is 5.91 Å². The lowest BCUT2D eigenvalue weighted by atomic mass is 9.93. The number of amides is 1. The minimum atomic E-state index is -0.689. The second kappa shape index (κ2) is 8.39. The van der Waals surface area contributed by atoms with Gasteiger partial charge < -0.3 is 20.3 Å². The third-order valence-corrected chi connectivity index (χ3v) is 5.07. The molecule has 1 heterocycles. The molecule has 0 radical (unpaired) electrons. The van der Waals surface area contributed by atoms with Crippen LogP contribution in [-0.4, -0.2) is 29.6 Å². The average molecular weight is 399 g/mol. The van der Waals surface area contributed by atoms with Crippen LogP contribution in [-0.2, 0) is 4.79 Å². The number of ether oxygens (including phenoxy) is 1. The molecule has 146 valence electrons. The van der Waals surface area contributed by atoms with Crippen molar-refractivity contribution in [3.63, 3.8) is 0 Å². The van der Waals surface area contributed by atoms with Gasteiger partial charge in [-0.25, -0.2) is 4.39 Å². The van der Waals surface area contributed by atoms with Gasteiger partial charge in [0.2, 0.25) is 0 Å². The lowest BCUT2D eigenvalue weighted by molar-refractivity contribution is -0.113. The number of hydrogen-bond donors (Lipinski definition) is 2. The molecule has 28 heavy (non-hydrogen) atoms. The van der Waals surface area contributed by atoms with E-state index in [0.717, 1.165) is 0 Å². The number of carbonyl (C=O) groups excluding carboxylic acids is 1. The van der Waals surface area contributed by atoms with Crippen molar-refractivity contribution in [2.75, 3.05) is 19.0 Å². The van der Waals surface area contributed by atoms with E-state index in [1.54, 1.807) is 36.4 Å². The molecule has 1 aliphatic heterocycles. The summed E-state index contributed by atoms with van der Waals surface area (Å²) in [6.07, 6.45) is 0. The number of halogens is 1. The first-order valence-electron chi connectivity index (χ1n) is 8.95. The number of nitrogens with one attached hydrogen (secondary N) is 2. The fraction of sp³-hybridized carbons (Fsp3) is 0.238. The van der Waals surface area contributed by atoms with Crippen LogP contribution in [0.3, 0.4) is 0 Å². The molecule has 2 aromatic carbocycles. The number of benzene rings is 2. The zero-order chi connectivity index (χ0) is 20.3. The second-order valence-corrected chi connectivity index (χ2v) is 6.69. The molecule has 0 bridgehead atoms. The quantitative estimate of drug-likeness (QED) is 0.745. The van der Waals surface area contributed by atoms with Gasteiger partial charge in [0, 0.05) is 17.8 Å². The Kier molecular flexibility index (Phi) is 5.94. The van der Waals surface area contributed by atoms with E-state index in [4.69, 9.17) is 17.0 Å². The van der Waals surface area contributed by atoms with Gasteiger partial charge in [-0.2, -0.15) is 0 Å². The highest BCUT2D eigenvalue weighted by Crippen LogP contribution is 2.33. The lowest BCUT2D eigenvalue weighted by Crippen LogP contribution is -2.48. The van der Waals surface area contributed by atoms with E-state index in [2.05, 4.69) is 10.6 Å². The predicted octanol–water partition coefficient (Wildman–Crippen LogP) is 4.00. The summed E-state index contributed by atoms with van der Waals surface area (Å²) in [5.74, 6) is -0.199. The summed E-state index contributed by atoms with van der Waals surface area (Å²) in [5, 5.41) is 6.46. The largest absolute Gasteiger partial charge is 0.495 e. The summed E-state index contributed by atoms with van der Waals surface area (Å²) < 4.78 is 19.8. The molecular weight excluding hydrogens is 377 g/mol. The van der Waals surface area contributed by atoms with Crippen molar-refractivity contribution < 1.29 is 13.9 Å². The van der Waals surface area contributed by atoms with Crippen molar-refractivity contribution in [2.45, 2.75) is 19.9 Å². The van der Waals surface area contributed by atoms with E-state index in [0.29, 0.717) is 39.9 Å². The van der Waals surface area contributed by atoms with Gasteiger partial charge in [0.15, 0.2) is 5.11 Å². The molecular formula is C21H22FN3O2S. The Labute approximate surface area is 169 Å². The fourth-order valence-corrected chi connectivity index (χ4v) is 3.72. The predicted molar refractivity (Wildman–Crippen MR) is 112 cm³/mol. The molecule has 1 amide bonds. The minimum Gasteiger partial charge on any atom is -0.495 e. The third kappa shape index (κ3) is 3.71. The van der Waals surface area contributed by atoms with Crippen LogP contribution in [0, 0.1) is 5.82 Å². The first-order valence-corrected chi connectivity index (χ1v) is 9.36. The molecule has 0 saturated heterocycles. The topological polar surface area (TPSA) is 53.6 Å². The number of rotatable bonds is 5. The summed E-state index contributed by atoms with van der Waals surface area (Å²) in [7, 11) is 1.54. The highest BCUT2D eigenvalue weighted by Gasteiger charge is 2.34. The van der Waals surface area contributed by atoms with Crippen LogP contribution in [0.4, 0.5) is 10.1 Å². The highest BCUT2D eigenvalue weighted by molar-refractivity contribution is 7.80. The van der Waals surface area contributed by atoms with Gasteiger partial charge in [-0.1, -0.05) is 30.3 Å². The van der Waals surface area contributed by atoms with Crippen molar-refractivity contribution in [1.82, 2.24) is 10.2 Å². The number of thiocarbonyl (C=S) groups is 1. The number of hydrogen-bond acceptors (Lipinski definition) is 3. The molecule has 2 N–H and O–H groups in total. The summed E-state index contributed by atoms with van der Waals surface area (Å²) in [6, 6.07) is 12.8. The number of nitrogens with zero attached hydrogens (tertiary/aromatic N) is 1. The summed E-state index contributed by atoms with van der Waals surface area (Å²) in [4.78, 5) is 15.1. The minimum absolute atomic E-state index is 0.344. The Morgan fingerprint density at radius 1 is 1.25 bits per heavy atom. The maximum atomic E-state index is 14.5. The fourth-order valence-electron chi connectivity index (χ4n) is 3.34. The van der Waals surface area contributed by atoms with Crippen molar-refractivity contribution in [3.05, 3.63) is 71.2 Å². The Bertz CT molecular complexity index is 945. The molecule has 0 spiro atoms. The normalized spacial score (nSPS) is 16.6. The van der Waals surface area contributed by atoms with Gasteiger partial charge in [0.05, 0.1) is 24.4 Å². The van der Waals surface area contributed by atoms with Crippen molar-refractivity contribution in [1.29, 1.82) is 0 Å². The zero-order valence-electron chi connectivity index (χ0n) is 16.0. The average Bonchev–Trinajstić information content (AvgIpc) is 2.68. The molecule has 3 rings (SSSR count). The van der Waals surface area contributed by atoms with Crippen molar-refractivity contribution in [3.8, 4) is 5.75 Å². The van der Waals surface area contributed by atoms with Gasteiger partial charge in [-0.3, -0.25) is 4.79 Å². The molecule has 1 atom stereocenters. The zero-order valence-corrected chi connectivity index (χ0v) is 16.8. The van der Waals surface area contributed by atoms with Crippen LogP contribution >= 0.6 is 12.2 Å². The highest BCUT2D eigenvalue weighted by atomic mass is 32.1. The maximum Gasteiger partial charge on any atom is 0.255 e. The lowest BCUT2D eigenvalue weighted by Gasteiger charge is -2.37. The Morgan fingerprint density at radius 2 is 1.93 bits per heavy atom. The van der Waals surface area contributed by atoms with E-state index >= 15 is 0 Å². The van der Waals surface area contributed by atoms with Gasteiger partial charge in [-0.05, 0) is 44.3 Å². The van der Waals surface area contributed by atoms with Gasteiger partial charge in [-0.15, -0.1) is 0 Å². The number of para-hydroxylation sites is 2. The van der Waals surface area contributed by atoms with Crippen molar-refractivity contribution in [2.24, 2.45) is 0 Å².